The van der Waals surface area contributed by atoms with Crippen LogP contribution in [0.15, 0.2) is 12.1 Å². The lowest BCUT2D eigenvalue weighted by atomic mass is 10.0. The van der Waals surface area contributed by atoms with E-state index in [-0.39, 0.29) is 11.4 Å². The zero-order chi connectivity index (χ0) is 11.6. The van der Waals surface area contributed by atoms with Crippen molar-refractivity contribution in [3.8, 4) is 0 Å². The van der Waals surface area contributed by atoms with Gasteiger partial charge in [-0.3, -0.25) is 10.1 Å². The third kappa shape index (κ3) is 2.69. The van der Waals surface area contributed by atoms with Crippen LogP contribution in [-0.2, 0) is 6.42 Å². The Bertz CT molecular complexity index is 434. The summed E-state index contributed by atoms with van der Waals surface area (Å²) in [7, 11) is 0. The van der Waals surface area contributed by atoms with Gasteiger partial charge in [0.1, 0.15) is 0 Å². The molecule has 0 aliphatic rings. The minimum Gasteiger partial charge on any atom is -0.393 e. The number of nitro groups is 1. The zero-order valence-electron chi connectivity index (χ0n) is 7.99. The van der Waals surface area contributed by atoms with Crippen molar-refractivity contribution in [1.82, 2.24) is 0 Å². The first-order valence-electron chi connectivity index (χ1n) is 4.13. The summed E-state index contributed by atoms with van der Waals surface area (Å²) < 4.78 is 13.2. The maximum absolute atomic E-state index is 13.2. The number of hydrogen-bond acceptors (Lipinski definition) is 3. The number of benzene rings is 1. The molecule has 0 aromatic heterocycles. The molecule has 0 saturated carbocycles. The average Bonchev–Trinajstić information content (AvgIpc) is 2.09. The predicted octanol–water partition coefficient (Wildman–Crippen LogP) is 1.87. The van der Waals surface area contributed by atoms with Gasteiger partial charge in [0.25, 0.3) is 0 Å². The van der Waals surface area contributed by atoms with E-state index in [4.69, 9.17) is 5.73 Å². The lowest BCUT2D eigenvalue weighted by molar-refractivity contribution is -0.387. The highest BCUT2D eigenvalue weighted by molar-refractivity contribution is 7.80. The van der Waals surface area contributed by atoms with Gasteiger partial charge in [0, 0.05) is 12.5 Å². The quantitative estimate of drug-likeness (QED) is 0.487. The predicted molar refractivity (Wildman–Crippen MR) is 58.3 cm³/mol. The van der Waals surface area contributed by atoms with E-state index < -0.39 is 16.4 Å². The van der Waals surface area contributed by atoms with E-state index in [2.05, 4.69) is 12.2 Å². The molecule has 0 spiro atoms. The van der Waals surface area contributed by atoms with Crippen LogP contribution in [0.25, 0.3) is 0 Å². The minimum absolute atomic E-state index is 0.228. The summed E-state index contributed by atoms with van der Waals surface area (Å²) in [6.07, 6.45) is 0.246. The number of nitrogens with two attached hydrogens (primary N) is 1. The summed E-state index contributed by atoms with van der Waals surface area (Å²) >= 11 is 4.69. The van der Waals surface area contributed by atoms with Crippen molar-refractivity contribution >= 4 is 22.9 Å². The normalized spacial score (nSPS) is 10.0. The van der Waals surface area contributed by atoms with E-state index in [1.54, 1.807) is 6.92 Å². The van der Waals surface area contributed by atoms with Crippen molar-refractivity contribution in [2.75, 3.05) is 0 Å². The number of thiocarbonyl (C=S) groups is 1. The second-order valence-electron chi connectivity index (χ2n) is 3.13. The van der Waals surface area contributed by atoms with Gasteiger partial charge in [-0.05, 0) is 24.1 Å². The van der Waals surface area contributed by atoms with Crippen molar-refractivity contribution in [1.29, 1.82) is 0 Å². The standard InChI is InChI=1S/C9H9FN2O2S/c1-5-2-8(12(13)14)7(10)3-6(5)4-9(11)15/h2-3H,4H2,1H3,(H2,11,15). The van der Waals surface area contributed by atoms with Crippen LogP contribution in [0.5, 0.6) is 0 Å². The molecular formula is C9H9FN2O2S. The molecule has 0 saturated heterocycles. The summed E-state index contributed by atoms with van der Waals surface area (Å²) in [6, 6.07) is 2.29. The molecule has 1 aromatic rings. The molecule has 0 unspecified atom stereocenters. The number of rotatable bonds is 3. The van der Waals surface area contributed by atoms with E-state index in [0.717, 1.165) is 6.07 Å². The number of halogens is 1. The van der Waals surface area contributed by atoms with Gasteiger partial charge in [0.15, 0.2) is 0 Å². The molecule has 4 nitrogen and oxygen atoms in total. The fourth-order valence-corrected chi connectivity index (χ4v) is 1.38. The van der Waals surface area contributed by atoms with E-state index in [1.165, 1.54) is 6.07 Å². The van der Waals surface area contributed by atoms with Crippen molar-refractivity contribution in [2.45, 2.75) is 13.3 Å². The van der Waals surface area contributed by atoms with Crippen LogP contribution < -0.4 is 5.73 Å². The van der Waals surface area contributed by atoms with Crippen LogP contribution in [0.4, 0.5) is 10.1 Å². The van der Waals surface area contributed by atoms with Gasteiger partial charge in [-0.25, -0.2) is 0 Å². The fraction of sp³-hybridized carbons (Fsp3) is 0.222. The molecule has 6 heteroatoms. The van der Waals surface area contributed by atoms with Gasteiger partial charge in [0.05, 0.1) is 9.91 Å². The van der Waals surface area contributed by atoms with Gasteiger partial charge in [-0.2, -0.15) is 4.39 Å². The lowest BCUT2D eigenvalue weighted by Crippen LogP contribution is -2.12. The molecule has 0 atom stereocenters. The molecule has 0 radical (unpaired) electrons. The Morgan fingerprint density at radius 2 is 2.27 bits per heavy atom. The minimum atomic E-state index is -0.864. The van der Waals surface area contributed by atoms with Crippen LogP contribution in [0.3, 0.4) is 0 Å². The maximum Gasteiger partial charge on any atom is 0.305 e. The van der Waals surface area contributed by atoms with Crippen LogP contribution in [0.1, 0.15) is 11.1 Å². The molecule has 0 aliphatic heterocycles. The first-order chi connectivity index (χ1) is 6.91. The largest absolute Gasteiger partial charge is 0.393 e. The van der Waals surface area contributed by atoms with Gasteiger partial charge in [-0.15, -0.1) is 0 Å². The van der Waals surface area contributed by atoms with E-state index >= 15 is 0 Å². The molecule has 0 bridgehead atoms. The Balaban J connectivity index is 3.19. The average molecular weight is 228 g/mol. The SMILES string of the molecule is Cc1cc([N+](=O)[O-])c(F)cc1CC(N)=S. The maximum atomic E-state index is 13.2. The Kier molecular flexibility index (Phi) is 3.31. The van der Waals surface area contributed by atoms with Crippen LogP contribution in [0, 0.1) is 22.9 Å². The molecule has 0 fully saturated rings. The second-order valence-corrected chi connectivity index (χ2v) is 3.65. The number of hydrogen-bond donors (Lipinski definition) is 1. The van der Waals surface area contributed by atoms with Gasteiger partial charge in [-0.1, -0.05) is 12.2 Å². The highest BCUT2D eigenvalue weighted by Crippen LogP contribution is 2.22. The molecule has 1 rings (SSSR count). The van der Waals surface area contributed by atoms with Gasteiger partial charge in [0.2, 0.25) is 5.82 Å². The first kappa shape index (κ1) is 11.5. The molecule has 15 heavy (non-hydrogen) atoms. The molecule has 80 valence electrons. The highest BCUT2D eigenvalue weighted by atomic mass is 32.1. The summed E-state index contributed by atoms with van der Waals surface area (Å²) in [5, 5.41) is 10.4. The first-order valence-corrected chi connectivity index (χ1v) is 4.54. The number of nitrogens with zero attached hydrogens (tertiary/aromatic N) is 1. The lowest BCUT2D eigenvalue weighted by Gasteiger charge is -2.04. The van der Waals surface area contributed by atoms with Crippen molar-refractivity contribution in [3.05, 3.63) is 39.2 Å². The van der Waals surface area contributed by atoms with Crippen LogP contribution in [0.2, 0.25) is 0 Å². The molecule has 0 amide bonds. The van der Waals surface area contributed by atoms with Crippen molar-refractivity contribution in [3.63, 3.8) is 0 Å². The second kappa shape index (κ2) is 4.31. The molecule has 2 N–H and O–H groups in total. The van der Waals surface area contributed by atoms with Gasteiger partial charge < -0.3 is 5.73 Å². The third-order valence-corrected chi connectivity index (χ3v) is 2.11. The zero-order valence-corrected chi connectivity index (χ0v) is 8.81. The molecule has 0 heterocycles. The summed E-state index contributed by atoms with van der Waals surface area (Å²) in [5.41, 5.74) is 5.97. The van der Waals surface area contributed by atoms with Crippen LogP contribution in [-0.4, -0.2) is 9.91 Å². The Hall–Kier alpha value is -1.56. The molecule has 1 aromatic carbocycles. The molecular weight excluding hydrogens is 219 g/mol. The molecule has 0 aliphatic carbocycles. The number of aryl methyl sites for hydroxylation is 1. The summed E-state index contributed by atoms with van der Waals surface area (Å²) in [5.74, 6) is -0.864. The summed E-state index contributed by atoms with van der Waals surface area (Å²) in [6.45, 7) is 1.65. The number of nitro benzene ring substituents is 1. The van der Waals surface area contributed by atoms with Gasteiger partial charge >= 0.3 is 5.69 Å². The smallest absolute Gasteiger partial charge is 0.305 e. The van der Waals surface area contributed by atoms with Crippen molar-refractivity contribution < 1.29 is 9.31 Å². The summed E-state index contributed by atoms with van der Waals surface area (Å²) in [4.78, 5) is 9.89. The Labute approximate surface area is 91.0 Å². The highest BCUT2D eigenvalue weighted by Gasteiger charge is 2.16. The Morgan fingerprint density at radius 1 is 1.67 bits per heavy atom. The van der Waals surface area contributed by atoms with E-state index in [0.29, 0.717) is 11.1 Å². The van der Waals surface area contributed by atoms with E-state index in [9.17, 15) is 14.5 Å². The third-order valence-electron chi connectivity index (χ3n) is 1.97. The monoisotopic (exact) mass is 228 g/mol. The Morgan fingerprint density at radius 3 is 2.73 bits per heavy atom. The van der Waals surface area contributed by atoms with E-state index in [1.807, 2.05) is 0 Å². The van der Waals surface area contributed by atoms with Crippen LogP contribution >= 0.6 is 12.2 Å². The van der Waals surface area contributed by atoms with Crippen molar-refractivity contribution in [2.24, 2.45) is 5.73 Å². The fourth-order valence-electron chi connectivity index (χ4n) is 1.23. The topological polar surface area (TPSA) is 69.2 Å².